The van der Waals surface area contributed by atoms with Gasteiger partial charge in [0, 0.05) is 16.7 Å². The lowest BCUT2D eigenvalue weighted by molar-refractivity contribution is 0.318. The zero-order valence-corrected chi connectivity index (χ0v) is 10.1. The molecule has 0 fully saturated rings. The third-order valence-corrected chi connectivity index (χ3v) is 3.08. The van der Waals surface area contributed by atoms with Gasteiger partial charge in [-0.05, 0) is 30.3 Å². The van der Waals surface area contributed by atoms with Gasteiger partial charge < -0.3 is 10.9 Å². The van der Waals surface area contributed by atoms with Gasteiger partial charge in [-0.1, -0.05) is 23.0 Å². The van der Waals surface area contributed by atoms with Crippen molar-refractivity contribution in [1.82, 2.24) is 4.98 Å². The molecule has 0 aliphatic rings. The lowest BCUT2D eigenvalue weighted by atomic mass is 10.2. The monoisotopic (exact) mass is 263 g/mol. The molecule has 0 amide bonds. The Bertz CT molecular complexity index is 589. The summed E-state index contributed by atoms with van der Waals surface area (Å²) < 4.78 is 13.0. The number of rotatable bonds is 3. The molecule has 0 bridgehead atoms. The molecule has 0 aliphatic heterocycles. The molecule has 0 spiro atoms. The third-order valence-electron chi connectivity index (χ3n) is 2.16. The van der Waals surface area contributed by atoms with Crippen molar-refractivity contribution in [2.75, 3.05) is 0 Å². The molecule has 2 aromatic rings. The Morgan fingerprint density at radius 1 is 1.33 bits per heavy atom. The number of hydrogen-bond acceptors (Lipinski definition) is 4. The molecule has 0 saturated heterocycles. The molecule has 1 aromatic heterocycles. The summed E-state index contributed by atoms with van der Waals surface area (Å²) in [5.41, 5.74) is 6.05. The van der Waals surface area contributed by atoms with E-state index in [4.69, 9.17) is 10.9 Å². The Balaban J connectivity index is 2.24. The van der Waals surface area contributed by atoms with Crippen LogP contribution >= 0.6 is 11.8 Å². The maximum Gasteiger partial charge on any atom is 0.170 e. The summed E-state index contributed by atoms with van der Waals surface area (Å²) in [6.07, 6.45) is 1.55. The molecule has 0 aliphatic carbocycles. The Hall–Kier alpha value is -2.08. The van der Waals surface area contributed by atoms with Crippen molar-refractivity contribution in [3.63, 3.8) is 0 Å². The molecular weight excluding hydrogens is 253 g/mol. The van der Waals surface area contributed by atoms with E-state index in [1.54, 1.807) is 30.5 Å². The van der Waals surface area contributed by atoms with E-state index in [0.29, 0.717) is 10.6 Å². The Labute approximate surface area is 107 Å². The summed E-state index contributed by atoms with van der Waals surface area (Å²) in [6, 6.07) is 9.51. The van der Waals surface area contributed by atoms with Crippen LogP contribution in [0.1, 0.15) is 5.56 Å². The smallest absolute Gasteiger partial charge is 0.170 e. The lowest BCUT2D eigenvalue weighted by Gasteiger charge is -2.03. The molecule has 0 unspecified atom stereocenters. The first-order valence-corrected chi connectivity index (χ1v) is 5.88. The van der Waals surface area contributed by atoms with Crippen LogP contribution in [0.3, 0.4) is 0 Å². The van der Waals surface area contributed by atoms with E-state index < -0.39 is 0 Å². The number of halogens is 1. The van der Waals surface area contributed by atoms with Gasteiger partial charge >= 0.3 is 0 Å². The molecule has 18 heavy (non-hydrogen) atoms. The molecule has 2 rings (SSSR count). The number of benzene rings is 1. The van der Waals surface area contributed by atoms with Gasteiger partial charge in [0.2, 0.25) is 0 Å². The Morgan fingerprint density at radius 2 is 2.17 bits per heavy atom. The molecule has 0 saturated carbocycles. The van der Waals surface area contributed by atoms with Crippen molar-refractivity contribution in [2.24, 2.45) is 10.9 Å². The highest BCUT2D eigenvalue weighted by Crippen LogP contribution is 2.26. The zero-order chi connectivity index (χ0) is 13.0. The average molecular weight is 263 g/mol. The fraction of sp³-hybridized carbons (Fsp3) is 0. The molecule has 92 valence electrons. The van der Waals surface area contributed by atoms with E-state index >= 15 is 0 Å². The van der Waals surface area contributed by atoms with Crippen LogP contribution in [-0.2, 0) is 0 Å². The second-order valence-corrected chi connectivity index (χ2v) is 4.52. The first-order chi connectivity index (χ1) is 8.69. The molecule has 1 aromatic carbocycles. The SMILES string of the molecule is NC(=NO)c1ccnc(Sc2cccc(F)c2)c1. The van der Waals surface area contributed by atoms with Crippen LogP contribution < -0.4 is 5.73 Å². The van der Waals surface area contributed by atoms with Crippen molar-refractivity contribution in [1.29, 1.82) is 0 Å². The zero-order valence-electron chi connectivity index (χ0n) is 9.25. The number of aromatic nitrogens is 1. The second kappa shape index (κ2) is 5.50. The van der Waals surface area contributed by atoms with Crippen LogP contribution in [0.2, 0.25) is 0 Å². The van der Waals surface area contributed by atoms with E-state index in [1.165, 1.54) is 23.9 Å². The number of hydrogen-bond donors (Lipinski definition) is 2. The van der Waals surface area contributed by atoms with Gasteiger partial charge in [0.15, 0.2) is 5.84 Å². The first kappa shape index (κ1) is 12.4. The van der Waals surface area contributed by atoms with Crippen LogP contribution in [0.25, 0.3) is 0 Å². The van der Waals surface area contributed by atoms with Crippen LogP contribution in [-0.4, -0.2) is 16.0 Å². The van der Waals surface area contributed by atoms with Gasteiger partial charge in [-0.2, -0.15) is 0 Å². The maximum atomic E-state index is 13.0. The molecule has 4 nitrogen and oxygen atoms in total. The number of nitrogens with two attached hydrogens (primary N) is 1. The normalized spacial score (nSPS) is 11.5. The summed E-state index contributed by atoms with van der Waals surface area (Å²) in [5, 5.41) is 12.2. The van der Waals surface area contributed by atoms with Gasteiger partial charge in [0.1, 0.15) is 10.8 Å². The highest BCUT2D eigenvalue weighted by Gasteiger charge is 2.04. The van der Waals surface area contributed by atoms with Crippen molar-refractivity contribution in [2.45, 2.75) is 9.92 Å². The minimum absolute atomic E-state index is 0.0125. The van der Waals surface area contributed by atoms with Crippen molar-refractivity contribution in [3.8, 4) is 0 Å². The quantitative estimate of drug-likeness (QED) is 0.386. The fourth-order valence-corrected chi connectivity index (χ4v) is 2.19. The molecule has 0 atom stereocenters. The first-order valence-electron chi connectivity index (χ1n) is 5.06. The minimum atomic E-state index is -0.299. The number of nitrogens with zero attached hydrogens (tertiary/aromatic N) is 2. The van der Waals surface area contributed by atoms with E-state index in [9.17, 15) is 4.39 Å². The van der Waals surface area contributed by atoms with Gasteiger partial charge in [-0.25, -0.2) is 9.37 Å². The van der Waals surface area contributed by atoms with E-state index in [1.807, 2.05) is 0 Å². The number of oxime groups is 1. The molecular formula is C12H10FN3OS. The minimum Gasteiger partial charge on any atom is -0.409 e. The fourth-order valence-electron chi connectivity index (χ4n) is 1.33. The van der Waals surface area contributed by atoms with Crippen LogP contribution in [0, 0.1) is 5.82 Å². The summed E-state index contributed by atoms with van der Waals surface area (Å²) >= 11 is 1.30. The summed E-state index contributed by atoms with van der Waals surface area (Å²) in [5.74, 6) is -0.286. The third kappa shape index (κ3) is 2.98. The van der Waals surface area contributed by atoms with Crippen molar-refractivity contribution >= 4 is 17.6 Å². The highest BCUT2D eigenvalue weighted by molar-refractivity contribution is 7.99. The van der Waals surface area contributed by atoms with Crippen LogP contribution in [0.15, 0.2) is 57.7 Å². The number of pyridine rings is 1. The number of amidine groups is 1. The predicted molar refractivity (Wildman–Crippen MR) is 67.3 cm³/mol. The van der Waals surface area contributed by atoms with Gasteiger partial charge in [0.25, 0.3) is 0 Å². The van der Waals surface area contributed by atoms with Crippen molar-refractivity contribution in [3.05, 3.63) is 54.0 Å². The summed E-state index contributed by atoms with van der Waals surface area (Å²) in [7, 11) is 0. The standard InChI is InChI=1S/C12H10FN3OS/c13-9-2-1-3-10(7-9)18-11-6-8(4-5-15-11)12(14)16-17/h1-7,17H,(H2,14,16). The molecule has 1 heterocycles. The van der Waals surface area contributed by atoms with Crippen LogP contribution in [0.5, 0.6) is 0 Å². The van der Waals surface area contributed by atoms with E-state index in [2.05, 4.69) is 10.1 Å². The Morgan fingerprint density at radius 3 is 2.89 bits per heavy atom. The van der Waals surface area contributed by atoms with Gasteiger partial charge in [0.05, 0.1) is 0 Å². The van der Waals surface area contributed by atoms with Crippen LogP contribution in [0.4, 0.5) is 4.39 Å². The molecule has 3 N–H and O–H groups in total. The average Bonchev–Trinajstić information content (AvgIpc) is 2.38. The molecule has 0 radical (unpaired) electrons. The van der Waals surface area contributed by atoms with E-state index in [0.717, 1.165) is 4.90 Å². The predicted octanol–water partition coefficient (Wildman–Crippen LogP) is 2.47. The highest BCUT2D eigenvalue weighted by atomic mass is 32.2. The van der Waals surface area contributed by atoms with Crippen molar-refractivity contribution < 1.29 is 9.60 Å². The summed E-state index contributed by atoms with van der Waals surface area (Å²) in [6.45, 7) is 0. The largest absolute Gasteiger partial charge is 0.409 e. The maximum absolute atomic E-state index is 13.0. The van der Waals surface area contributed by atoms with E-state index in [-0.39, 0.29) is 11.7 Å². The van der Waals surface area contributed by atoms with Gasteiger partial charge in [-0.3, -0.25) is 0 Å². The second-order valence-electron chi connectivity index (χ2n) is 3.43. The topological polar surface area (TPSA) is 71.5 Å². The lowest BCUT2D eigenvalue weighted by Crippen LogP contribution is -2.13. The van der Waals surface area contributed by atoms with Gasteiger partial charge in [-0.15, -0.1) is 0 Å². The Kier molecular flexibility index (Phi) is 3.78. The summed E-state index contributed by atoms with van der Waals surface area (Å²) in [4.78, 5) is 4.86. The molecule has 6 heteroatoms.